The van der Waals surface area contributed by atoms with Crippen molar-refractivity contribution in [2.24, 2.45) is 11.8 Å². The maximum atomic E-state index is 11.8. The second-order valence-corrected chi connectivity index (χ2v) is 6.77. The molecule has 2 fully saturated rings. The predicted octanol–water partition coefficient (Wildman–Crippen LogP) is 2.81. The number of nitrogens with zero attached hydrogens (tertiary/aromatic N) is 1. The number of amides is 1. The predicted molar refractivity (Wildman–Crippen MR) is 84.8 cm³/mol. The van der Waals surface area contributed by atoms with E-state index in [4.69, 9.17) is 0 Å². The molecule has 2 atom stereocenters. The van der Waals surface area contributed by atoms with Gasteiger partial charge in [0.15, 0.2) is 0 Å². The number of rotatable bonds is 5. The Kier molecular flexibility index (Phi) is 4.59. The van der Waals surface area contributed by atoms with Crippen molar-refractivity contribution in [1.82, 2.24) is 10.2 Å². The summed E-state index contributed by atoms with van der Waals surface area (Å²) in [6.07, 6.45) is 5.33. The van der Waals surface area contributed by atoms with Gasteiger partial charge in [0.25, 0.3) is 0 Å². The van der Waals surface area contributed by atoms with E-state index in [-0.39, 0.29) is 5.91 Å². The molecule has 1 saturated carbocycles. The number of likely N-dealkylation sites (tertiary alicyclic amines) is 1. The van der Waals surface area contributed by atoms with E-state index in [9.17, 15) is 4.79 Å². The molecule has 3 nitrogen and oxygen atoms in total. The van der Waals surface area contributed by atoms with Gasteiger partial charge in [0.2, 0.25) is 5.91 Å². The van der Waals surface area contributed by atoms with Crippen molar-refractivity contribution >= 4 is 5.91 Å². The Morgan fingerprint density at radius 3 is 2.62 bits per heavy atom. The van der Waals surface area contributed by atoms with E-state index < -0.39 is 0 Å². The third-order valence-electron chi connectivity index (χ3n) is 4.78. The second-order valence-electron chi connectivity index (χ2n) is 6.77. The Hall–Kier alpha value is -1.35. The summed E-state index contributed by atoms with van der Waals surface area (Å²) >= 11 is 0. The minimum Gasteiger partial charge on any atom is -0.341 e. The summed E-state index contributed by atoms with van der Waals surface area (Å²) in [5.41, 5.74) is 1.32. The lowest BCUT2D eigenvalue weighted by Gasteiger charge is -2.38. The number of hydrogen-bond acceptors (Lipinski definition) is 2. The second kappa shape index (κ2) is 6.61. The molecule has 0 bridgehead atoms. The van der Waals surface area contributed by atoms with Crippen LogP contribution in [0.3, 0.4) is 0 Å². The minimum absolute atomic E-state index is 0.224. The van der Waals surface area contributed by atoms with Gasteiger partial charge < -0.3 is 10.2 Å². The molecule has 1 saturated heterocycles. The fourth-order valence-electron chi connectivity index (χ4n) is 3.46. The number of carbonyl (C=O) groups excluding carboxylic acids is 1. The van der Waals surface area contributed by atoms with Crippen LogP contribution in [-0.2, 0) is 11.3 Å². The summed E-state index contributed by atoms with van der Waals surface area (Å²) in [5.74, 6) is 1.85. The summed E-state index contributed by atoms with van der Waals surface area (Å²) in [4.78, 5) is 13.8. The zero-order valence-electron chi connectivity index (χ0n) is 12.9. The fourth-order valence-corrected chi connectivity index (χ4v) is 3.46. The van der Waals surface area contributed by atoms with Crippen molar-refractivity contribution in [3.8, 4) is 0 Å². The number of hydrogen-bond donors (Lipinski definition) is 1. The molecular formula is C18H26N2O. The Morgan fingerprint density at radius 2 is 1.95 bits per heavy atom. The molecule has 2 aliphatic rings. The van der Waals surface area contributed by atoms with Gasteiger partial charge in [-0.15, -0.1) is 0 Å². The zero-order valence-corrected chi connectivity index (χ0v) is 12.9. The molecule has 1 aliphatic heterocycles. The highest BCUT2D eigenvalue weighted by Crippen LogP contribution is 2.37. The average molecular weight is 286 g/mol. The number of piperidine rings is 1. The van der Waals surface area contributed by atoms with E-state index in [0.717, 1.165) is 25.6 Å². The van der Waals surface area contributed by atoms with Gasteiger partial charge in [0.1, 0.15) is 0 Å². The Labute approximate surface area is 127 Å². The molecule has 0 spiro atoms. The van der Waals surface area contributed by atoms with Gasteiger partial charge in [0.05, 0.1) is 0 Å². The van der Waals surface area contributed by atoms with Crippen LogP contribution in [0, 0.1) is 11.8 Å². The van der Waals surface area contributed by atoms with Gasteiger partial charge in [0, 0.05) is 32.6 Å². The van der Waals surface area contributed by atoms with Crippen LogP contribution in [0.15, 0.2) is 30.3 Å². The summed E-state index contributed by atoms with van der Waals surface area (Å²) in [6, 6.07) is 10.9. The van der Waals surface area contributed by atoms with Crippen molar-refractivity contribution in [3.05, 3.63) is 35.9 Å². The topological polar surface area (TPSA) is 32.3 Å². The number of nitrogens with one attached hydrogen (secondary N) is 1. The molecule has 1 aliphatic carbocycles. The molecule has 1 heterocycles. The van der Waals surface area contributed by atoms with Crippen molar-refractivity contribution in [3.63, 3.8) is 0 Å². The average Bonchev–Trinajstić information content (AvgIpc) is 3.30. The molecule has 114 valence electrons. The maximum absolute atomic E-state index is 11.8. The van der Waals surface area contributed by atoms with Crippen LogP contribution in [0.5, 0.6) is 0 Å². The summed E-state index contributed by atoms with van der Waals surface area (Å²) in [7, 11) is 0. The van der Waals surface area contributed by atoms with Crippen LogP contribution in [0.4, 0.5) is 0 Å². The van der Waals surface area contributed by atoms with Gasteiger partial charge in [-0.2, -0.15) is 0 Å². The van der Waals surface area contributed by atoms with Crippen LogP contribution in [0.25, 0.3) is 0 Å². The van der Waals surface area contributed by atoms with Crippen LogP contribution < -0.4 is 5.32 Å². The van der Waals surface area contributed by atoms with Gasteiger partial charge >= 0.3 is 0 Å². The summed E-state index contributed by atoms with van der Waals surface area (Å²) in [5, 5.41) is 3.65. The fraction of sp³-hybridized carbons (Fsp3) is 0.611. The minimum atomic E-state index is 0.224. The first kappa shape index (κ1) is 14.6. The molecule has 0 aromatic heterocycles. The van der Waals surface area contributed by atoms with Gasteiger partial charge in [-0.05, 0) is 30.2 Å². The van der Waals surface area contributed by atoms with Crippen molar-refractivity contribution < 1.29 is 4.79 Å². The molecule has 3 heteroatoms. The third-order valence-corrected chi connectivity index (χ3v) is 4.78. The highest BCUT2D eigenvalue weighted by atomic mass is 16.2. The lowest BCUT2D eigenvalue weighted by molar-refractivity contribution is -0.131. The Morgan fingerprint density at radius 1 is 1.19 bits per heavy atom. The van der Waals surface area contributed by atoms with Crippen LogP contribution in [0.2, 0.25) is 0 Å². The van der Waals surface area contributed by atoms with E-state index in [2.05, 4.69) is 29.6 Å². The largest absolute Gasteiger partial charge is 0.341 e. The van der Waals surface area contributed by atoms with Gasteiger partial charge in [-0.3, -0.25) is 4.79 Å². The molecule has 0 radical (unpaired) electrons. The first-order valence-electron chi connectivity index (χ1n) is 8.23. The zero-order chi connectivity index (χ0) is 14.7. The van der Waals surface area contributed by atoms with Crippen molar-refractivity contribution in [2.75, 3.05) is 13.1 Å². The van der Waals surface area contributed by atoms with E-state index in [0.29, 0.717) is 12.0 Å². The highest BCUT2D eigenvalue weighted by Gasteiger charge is 2.32. The monoisotopic (exact) mass is 286 g/mol. The maximum Gasteiger partial charge on any atom is 0.219 e. The number of benzene rings is 1. The molecule has 3 rings (SSSR count). The molecular weight excluding hydrogens is 260 g/mol. The standard InChI is InChI=1S/C18H26N2O/c1-14(21)20-12-17(9-15-7-8-15)10-18(13-20)19-11-16-5-3-2-4-6-16/h2-6,15,17-19H,7-13H2,1H3. The van der Waals surface area contributed by atoms with Crippen LogP contribution >= 0.6 is 0 Å². The van der Waals surface area contributed by atoms with Crippen molar-refractivity contribution in [2.45, 2.75) is 45.2 Å². The molecule has 21 heavy (non-hydrogen) atoms. The first-order chi connectivity index (χ1) is 10.2. The van der Waals surface area contributed by atoms with E-state index in [1.807, 2.05) is 11.0 Å². The summed E-state index contributed by atoms with van der Waals surface area (Å²) in [6.45, 7) is 4.43. The lowest BCUT2D eigenvalue weighted by Crippen LogP contribution is -2.50. The molecule has 1 aromatic carbocycles. The third kappa shape index (κ3) is 4.31. The smallest absolute Gasteiger partial charge is 0.219 e. The Bertz CT molecular complexity index is 469. The molecule has 2 unspecified atom stereocenters. The summed E-state index contributed by atoms with van der Waals surface area (Å²) < 4.78 is 0. The van der Waals surface area contributed by atoms with Crippen LogP contribution in [-0.4, -0.2) is 29.9 Å². The van der Waals surface area contributed by atoms with Crippen molar-refractivity contribution in [1.29, 1.82) is 0 Å². The SMILES string of the molecule is CC(=O)N1CC(CC2CC2)CC(NCc2ccccc2)C1. The number of carbonyl (C=O) groups is 1. The van der Waals surface area contributed by atoms with Crippen LogP contribution in [0.1, 0.15) is 38.2 Å². The van der Waals surface area contributed by atoms with E-state index in [1.165, 1.54) is 31.2 Å². The van der Waals surface area contributed by atoms with E-state index in [1.54, 1.807) is 6.92 Å². The van der Waals surface area contributed by atoms with Gasteiger partial charge in [-0.1, -0.05) is 43.2 Å². The Balaban J connectivity index is 1.55. The quantitative estimate of drug-likeness (QED) is 0.902. The van der Waals surface area contributed by atoms with Gasteiger partial charge in [-0.25, -0.2) is 0 Å². The highest BCUT2D eigenvalue weighted by molar-refractivity contribution is 5.73. The molecule has 1 aromatic rings. The molecule has 1 N–H and O–H groups in total. The lowest BCUT2D eigenvalue weighted by atomic mass is 9.89. The molecule has 1 amide bonds. The van der Waals surface area contributed by atoms with E-state index >= 15 is 0 Å². The normalized spacial score (nSPS) is 25.9. The first-order valence-corrected chi connectivity index (χ1v) is 8.23.